The van der Waals surface area contributed by atoms with Gasteiger partial charge in [0.15, 0.2) is 10.9 Å². The highest BCUT2D eigenvalue weighted by molar-refractivity contribution is 7.99. The van der Waals surface area contributed by atoms with Gasteiger partial charge in [0.05, 0.1) is 11.8 Å². The van der Waals surface area contributed by atoms with Crippen LogP contribution in [0.25, 0.3) is 11.5 Å². The lowest BCUT2D eigenvalue weighted by Crippen LogP contribution is -2.18. The molecule has 174 valence electrons. The predicted octanol–water partition coefficient (Wildman–Crippen LogP) is 4.92. The molecule has 12 heteroatoms. The Morgan fingerprint density at radius 1 is 1.24 bits per heavy atom. The minimum Gasteiger partial charge on any atom is -0.463 e. The van der Waals surface area contributed by atoms with Crippen LogP contribution in [-0.2, 0) is 23.8 Å². The quantitative estimate of drug-likeness (QED) is 0.355. The van der Waals surface area contributed by atoms with Gasteiger partial charge in [-0.25, -0.2) is 9.97 Å². The fraction of sp³-hybridized carbons (Fsp3) is 0.333. The Morgan fingerprint density at radius 2 is 2.03 bits per heavy atom. The van der Waals surface area contributed by atoms with Gasteiger partial charge in [0.25, 0.3) is 5.91 Å². The van der Waals surface area contributed by atoms with E-state index in [4.69, 9.17) is 10.2 Å². The van der Waals surface area contributed by atoms with Crippen molar-refractivity contribution in [2.75, 3.05) is 11.1 Å². The Balaban J connectivity index is 1.44. The monoisotopic (exact) mass is 496 g/mol. The summed E-state index contributed by atoms with van der Waals surface area (Å²) in [7, 11) is 0. The van der Waals surface area contributed by atoms with Crippen molar-refractivity contribution >= 4 is 39.9 Å². The maximum absolute atomic E-state index is 13.3. The summed E-state index contributed by atoms with van der Waals surface area (Å²) in [4.78, 5) is 33.1. The molecule has 33 heavy (non-hydrogen) atoms. The Hall–Kier alpha value is -2.86. The number of furan rings is 1. The maximum Gasteiger partial charge on any atom is 0.433 e. The van der Waals surface area contributed by atoms with Gasteiger partial charge in [0, 0.05) is 17.1 Å². The molecule has 1 aliphatic carbocycles. The van der Waals surface area contributed by atoms with E-state index in [-0.39, 0.29) is 34.7 Å². The number of hydrogen-bond acceptors (Lipinski definition) is 7. The highest BCUT2D eigenvalue weighted by atomic mass is 32.2. The van der Waals surface area contributed by atoms with Gasteiger partial charge in [-0.2, -0.15) is 13.2 Å². The molecule has 0 unspecified atom stereocenters. The average molecular weight is 497 g/mol. The smallest absolute Gasteiger partial charge is 0.433 e. The molecule has 0 aromatic carbocycles. The second-order valence-corrected chi connectivity index (χ2v) is 9.49. The number of fused-ring (bicyclic) bond motifs is 1. The van der Waals surface area contributed by atoms with E-state index in [0.29, 0.717) is 10.6 Å². The molecule has 0 aliphatic heterocycles. The summed E-state index contributed by atoms with van der Waals surface area (Å²) in [5, 5.41) is 3.05. The number of nitrogens with zero attached hydrogens (tertiary/aromatic N) is 2. The zero-order chi connectivity index (χ0) is 23.6. The molecule has 3 N–H and O–H groups in total. The minimum absolute atomic E-state index is 0.00421. The molecular formula is C21H19F3N4O3S2. The van der Waals surface area contributed by atoms with Crippen LogP contribution < -0.4 is 11.1 Å². The first-order valence-electron chi connectivity index (χ1n) is 10.1. The van der Waals surface area contributed by atoms with Crippen LogP contribution in [-0.4, -0.2) is 27.5 Å². The van der Waals surface area contributed by atoms with Crippen molar-refractivity contribution in [3.8, 4) is 11.5 Å². The number of primary amides is 1. The third kappa shape index (κ3) is 5.38. The van der Waals surface area contributed by atoms with Crippen LogP contribution in [0.5, 0.6) is 0 Å². The van der Waals surface area contributed by atoms with Crippen LogP contribution in [0.4, 0.5) is 18.2 Å². The summed E-state index contributed by atoms with van der Waals surface area (Å²) in [6, 6.07) is 3.87. The summed E-state index contributed by atoms with van der Waals surface area (Å²) in [5.74, 6) is -0.631. The first-order chi connectivity index (χ1) is 15.7. The zero-order valence-electron chi connectivity index (χ0n) is 17.2. The van der Waals surface area contributed by atoms with E-state index in [2.05, 4.69) is 15.3 Å². The summed E-state index contributed by atoms with van der Waals surface area (Å²) >= 11 is 2.28. The molecule has 4 rings (SSSR count). The van der Waals surface area contributed by atoms with E-state index >= 15 is 0 Å². The summed E-state index contributed by atoms with van der Waals surface area (Å²) in [5.41, 5.74) is 5.72. The molecular weight excluding hydrogens is 477 g/mol. The Bertz CT molecular complexity index is 1180. The molecule has 2 amide bonds. The van der Waals surface area contributed by atoms with Crippen LogP contribution in [0.2, 0.25) is 0 Å². The second-order valence-electron chi connectivity index (χ2n) is 7.32. The van der Waals surface area contributed by atoms with Gasteiger partial charge >= 0.3 is 6.18 Å². The standard InChI is InChI=1S/C21H19F3N4O3S2/c22-21(23,24)15-10-12(13-5-3-8-31-13)26-20(27-15)32-9-7-16(29)28-19-17(18(25)30)11-4-1-2-6-14(11)33-19/h3,5,8,10H,1-2,4,6-7,9H2,(H2,25,30)(H,28,29). The van der Waals surface area contributed by atoms with E-state index in [1.165, 1.54) is 23.7 Å². The van der Waals surface area contributed by atoms with E-state index in [9.17, 15) is 22.8 Å². The van der Waals surface area contributed by atoms with Crippen molar-refractivity contribution in [3.05, 3.63) is 46.2 Å². The number of rotatable bonds is 7. The maximum atomic E-state index is 13.3. The number of hydrogen-bond donors (Lipinski definition) is 2. The Morgan fingerprint density at radius 3 is 2.73 bits per heavy atom. The number of anilines is 1. The van der Waals surface area contributed by atoms with E-state index in [1.807, 2.05) is 0 Å². The van der Waals surface area contributed by atoms with E-state index < -0.39 is 17.8 Å². The van der Waals surface area contributed by atoms with Gasteiger partial charge < -0.3 is 15.5 Å². The normalized spacial score (nSPS) is 13.5. The molecule has 0 saturated carbocycles. The average Bonchev–Trinajstić information content (AvgIpc) is 3.40. The number of nitrogens with two attached hydrogens (primary N) is 1. The Labute approximate surface area is 195 Å². The van der Waals surface area contributed by atoms with E-state index in [0.717, 1.165) is 54.0 Å². The van der Waals surface area contributed by atoms with Gasteiger partial charge in [-0.3, -0.25) is 9.59 Å². The highest BCUT2D eigenvalue weighted by Crippen LogP contribution is 2.38. The number of thioether (sulfide) groups is 1. The molecule has 1 aliphatic rings. The van der Waals surface area contributed by atoms with Crippen molar-refractivity contribution in [3.63, 3.8) is 0 Å². The molecule has 0 spiro atoms. The number of aromatic nitrogens is 2. The number of thiophene rings is 1. The third-order valence-corrected chi connectivity index (χ3v) is 7.06. The summed E-state index contributed by atoms with van der Waals surface area (Å²) in [6.07, 6.45) is 0.252. The Kier molecular flexibility index (Phi) is 6.75. The number of nitrogens with one attached hydrogen (secondary N) is 1. The number of halogens is 3. The molecule has 3 aromatic rings. The fourth-order valence-electron chi connectivity index (χ4n) is 3.52. The number of alkyl halides is 3. The number of amides is 2. The largest absolute Gasteiger partial charge is 0.463 e. The van der Waals surface area contributed by atoms with Crippen LogP contribution in [0.15, 0.2) is 34.0 Å². The van der Waals surface area contributed by atoms with Gasteiger partial charge in [-0.05, 0) is 49.4 Å². The first-order valence-corrected chi connectivity index (χ1v) is 11.9. The lowest BCUT2D eigenvalue weighted by Gasteiger charge is -2.11. The number of carbonyl (C=O) groups is 2. The molecule has 7 nitrogen and oxygen atoms in total. The van der Waals surface area contributed by atoms with Gasteiger partial charge in [-0.15, -0.1) is 11.3 Å². The molecule has 0 fully saturated rings. The van der Waals surface area contributed by atoms with Crippen LogP contribution in [0.3, 0.4) is 0 Å². The number of carbonyl (C=O) groups excluding carboxylic acids is 2. The van der Waals surface area contributed by atoms with Gasteiger partial charge in [-0.1, -0.05) is 11.8 Å². The molecule has 0 radical (unpaired) electrons. The van der Waals surface area contributed by atoms with Crippen molar-refractivity contribution < 1.29 is 27.2 Å². The first kappa shape index (κ1) is 23.3. The van der Waals surface area contributed by atoms with Crippen LogP contribution >= 0.6 is 23.1 Å². The summed E-state index contributed by atoms with van der Waals surface area (Å²) in [6.45, 7) is 0. The fourth-order valence-corrected chi connectivity index (χ4v) is 5.63. The predicted molar refractivity (Wildman–Crippen MR) is 118 cm³/mol. The van der Waals surface area contributed by atoms with Crippen molar-refractivity contribution in [1.82, 2.24) is 9.97 Å². The SMILES string of the molecule is NC(=O)c1c(NC(=O)CCSc2nc(-c3ccco3)cc(C(F)(F)F)n2)sc2c1CCCC2. The third-order valence-electron chi connectivity index (χ3n) is 5.00. The molecule has 0 atom stereocenters. The van der Waals surface area contributed by atoms with Crippen molar-refractivity contribution in [2.24, 2.45) is 5.73 Å². The van der Waals surface area contributed by atoms with Crippen molar-refractivity contribution in [2.45, 2.75) is 43.4 Å². The summed E-state index contributed by atoms with van der Waals surface area (Å²) < 4.78 is 44.9. The molecule has 3 heterocycles. The van der Waals surface area contributed by atoms with Gasteiger partial charge in [0.1, 0.15) is 16.4 Å². The van der Waals surface area contributed by atoms with Crippen LogP contribution in [0, 0.1) is 0 Å². The van der Waals surface area contributed by atoms with E-state index in [1.54, 1.807) is 6.07 Å². The van der Waals surface area contributed by atoms with Crippen molar-refractivity contribution in [1.29, 1.82) is 0 Å². The molecule has 0 saturated heterocycles. The lowest BCUT2D eigenvalue weighted by atomic mass is 9.95. The topological polar surface area (TPSA) is 111 Å². The van der Waals surface area contributed by atoms with Crippen LogP contribution in [0.1, 0.15) is 45.8 Å². The second kappa shape index (κ2) is 9.56. The van der Waals surface area contributed by atoms with Gasteiger partial charge in [0.2, 0.25) is 5.91 Å². The zero-order valence-corrected chi connectivity index (χ0v) is 18.8. The molecule has 0 bridgehead atoms. The molecule has 3 aromatic heterocycles. The highest BCUT2D eigenvalue weighted by Gasteiger charge is 2.34. The minimum atomic E-state index is -4.65. The number of aryl methyl sites for hydroxylation is 1. The lowest BCUT2D eigenvalue weighted by molar-refractivity contribution is -0.141.